The van der Waals surface area contributed by atoms with Gasteiger partial charge < -0.3 is 5.32 Å². The van der Waals surface area contributed by atoms with Crippen molar-refractivity contribution in [2.45, 2.75) is 24.5 Å². The molecular weight excluding hydrogens is 499 g/mol. The van der Waals surface area contributed by atoms with Gasteiger partial charge in [-0.1, -0.05) is 53.0 Å². The Morgan fingerprint density at radius 3 is 2.39 bits per heavy atom. The molecule has 0 aliphatic heterocycles. The van der Waals surface area contributed by atoms with Gasteiger partial charge in [0.15, 0.2) is 0 Å². The van der Waals surface area contributed by atoms with E-state index in [-0.39, 0.29) is 10.8 Å². The van der Waals surface area contributed by atoms with Crippen LogP contribution < -0.4 is 10.0 Å². The second-order valence-electron chi connectivity index (χ2n) is 7.49. The maximum Gasteiger partial charge on any atom is 0.261 e. The molecule has 33 heavy (non-hydrogen) atoms. The summed E-state index contributed by atoms with van der Waals surface area (Å²) in [6.07, 6.45) is 0. The van der Waals surface area contributed by atoms with Gasteiger partial charge in [-0.25, -0.2) is 8.42 Å². The number of sulfonamides is 1. The van der Waals surface area contributed by atoms with Crippen LogP contribution in [0.15, 0.2) is 65.6 Å². The Hall–Kier alpha value is -2.19. The molecule has 3 aromatic rings. The first kappa shape index (κ1) is 25.4. The number of halogens is 2. The quantitative estimate of drug-likeness (QED) is 0.334. The summed E-state index contributed by atoms with van der Waals surface area (Å²) < 4.78 is 28.0. The summed E-state index contributed by atoms with van der Waals surface area (Å²) in [6.45, 7) is 4.14. The van der Waals surface area contributed by atoms with Crippen LogP contribution in [0.5, 0.6) is 0 Å². The normalized spacial score (nSPS) is 11.3. The van der Waals surface area contributed by atoms with Gasteiger partial charge >= 0.3 is 0 Å². The fraction of sp³-hybridized carbons (Fsp3) is 0.208. The van der Waals surface area contributed by atoms with Crippen LogP contribution in [0.25, 0.3) is 0 Å². The number of anilines is 1. The van der Waals surface area contributed by atoms with Crippen molar-refractivity contribution in [1.29, 1.82) is 0 Å². The van der Waals surface area contributed by atoms with Gasteiger partial charge in [0.1, 0.15) is 0 Å². The van der Waals surface area contributed by atoms with E-state index in [1.807, 2.05) is 13.0 Å². The van der Waals surface area contributed by atoms with E-state index in [0.29, 0.717) is 39.3 Å². The summed E-state index contributed by atoms with van der Waals surface area (Å²) in [7, 11) is -3.76. The Kier molecular flexibility index (Phi) is 8.70. The molecule has 5 nitrogen and oxygen atoms in total. The van der Waals surface area contributed by atoms with Gasteiger partial charge in [-0.15, -0.1) is 0 Å². The molecule has 0 saturated heterocycles. The molecule has 0 atom stereocenters. The molecule has 0 bridgehead atoms. The van der Waals surface area contributed by atoms with Crippen molar-refractivity contribution >= 4 is 56.6 Å². The molecule has 0 radical (unpaired) electrons. The summed E-state index contributed by atoms with van der Waals surface area (Å²) in [4.78, 5) is 12.7. The summed E-state index contributed by atoms with van der Waals surface area (Å²) in [5, 5.41) is 4.09. The van der Waals surface area contributed by atoms with Crippen molar-refractivity contribution in [3.05, 3.63) is 93.0 Å². The van der Waals surface area contributed by atoms with Crippen LogP contribution >= 0.6 is 35.0 Å². The van der Waals surface area contributed by atoms with Crippen LogP contribution in [0, 0.1) is 13.8 Å². The number of carbonyl (C=O) groups is 1. The number of hydrogen-bond donors (Lipinski definition) is 2. The molecule has 0 aliphatic carbocycles. The van der Waals surface area contributed by atoms with Gasteiger partial charge in [0.05, 0.1) is 10.6 Å². The van der Waals surface area contributed by atoms with E-state index in [0.717, 1.165) is 16.7 Å². The fourth-order valence-corrected chi connectivity index (χ4v) is 5.49. The Labute approximate surface area is 208 Å². The lowest BCUT2D eigenvalue weighted by molar-refractivity contribution is 0.0956. The predicted molar refractivity (Wildman–Crippen MR) is 138 cm³/mol. The van der Waals surface area contributed by atoms with Gasteiger partial charge in [0.2, 0.25) is 0 Å². The Morgan fingerprint density at radius 2 is 1.70 bits per heavy atom. The highest BCUT2D eigenvalue weighted by atomic mass is 35.5. The number of amides is 1. The monoisotopic (exact) mass is 522 g/mol. The van der Waals surface area contributed by atoms with E-state index in [1.54, 1.807) is 73.3 Å². The van der Waals surface area contributed by atoms with Crippen molar-refractivity contribution in [2.24, 2.45) is 0 Å². The second kappa shape index (κ2) is 11.3. The Morgan fingerprint density at radius 1 is 0.970 bits per heavy atom. The standard InChI is InChI=1S/C24H24Cl2N2O3S2/c1-16-3-9-21(10-4-16)33(30,31)28-23-13-18(6-5-17(23)2)24(29)27-11-12-32-15-19-7-8-20(25)14-22(19)26/h3-10,13-14,28H,11-12,15H2,1-2H3,(H,27,29). The molecule has 9 heteroatoms. The van der Waals surface area contributed by atoms with E-state index >= 15 is 0 Å². The molecule has 0 spiro atoms. The summed E-state index contributed by atoms with van der Waals surface area (Å²) in [6, 6.07) is 16.9. The predicted octanol–water partition coefficient (Wildman–Crippen LogP) is 6.07. The lowest BCUT2D eigenvalue weighted by Crippen LogP contribution is -2.26. The molecule has 0 saturated carbocycles. The molecule has 2 N–H and O–H groups in total. The minimum atomic E-state index is -3.76. The van der Waals surface area contributed by atoms with E-state index < -0.39 is 10.0 Å². The zero-order chi connectivity index (χ0) is 24.0. The van der Waals surface area contributed by atoms with Crippen molar-refractivity contribution in [2.75, 3.05) is 17.0 Å². The highest BCUT2D eigenvalue weighted by molar-refractivity contribution is 7.98. The van der Waals surface area contributed by atoms with Crippen LogP contribution in [0.1, 0.15) is 27.0 Å². The van der Waals surface area contributed by atoms with E-state index in [9.17, 15) is 13.2 Å². The van der Waals surface area contributed by atoms with E-state index in [2.05, 4.69) is 10.0 Å². The van der Waals surface area contributed by atoms with Crippen molar-refractivity contribution in [1.82, 2.24) is 5.32 Å². The highest BCUT2D eigenvalue weighted by Crippen LogP contribution is 2.25. The molecule has 1 amide bonds. The van der Waals surface area contributed by atoms with Crippen molar-refractivity contribution < 1.29 is 13.2 Å². The third-order valence-corrected chi connectivity index (χ3v) is 7.86. The first-order valence-corrected chi connectivity index (χ1v) is 13.5. The highest BCUT2D eigenvalue weighted by Gasteiger charge is 2.16. The lowest BCUT2D eigenvalue weighted by Gasteiger charge is -2.13. The summed E-state index contributed by atoms with van der Waals surface area (Å²) in [5.74, 6) is 1.14. The Bertz CT molecular complexity index is 1250. The van der Waals surface area contributed by atoms with Crippen LogP contribution in [-0.4, -0.2) is 26.6 Å². The second-order valence-corrected chi connectivity index (χ2v) is 11.1. The number of aryl methyl sites for hydroxylation is 2. The zero-order valence-electron chi connectivity index (χ0n) is 18.2. The maximum absolute atomic E-state index is 12.7. The molecule has 0 aliphatic rings. The molecule has 0 fully saturated rings. The van der Waals surface area contributed by atoms with Crippen molar-refractivity contribution in [3.63, 3.8) is 0 Å². The summed E-state index contributed by atoms with van der Waals surface area (Å²) >= 11 is 13.7. The van der Waals surface area contributed by atoms with E-state index in [1.165, 1.54) is 0 Å². The van der Waals surface area contributed by atoms with Crippen molar-refractivity contribution in [3.8, 4) is 0 Å². The number of benzene rings is 3. The average Bonchev–Trinajstić information content (AvgIpc) is 2.76. The molecule has 0 aromatic heterocycles. The van der Waals surface area contributed by atoms with Crippen LogP contribution in [0.4, 0.5) is 5.69 Å². The number of carbonyl (C=O) groups excluding carboxylic acids is 1. The minimum Gasteiger partial charge on any atom is -0.351 e. The Balaban J connectivity index is 1.56. The average molecular weight is 524 g/mol. The smallest absolute Gasteiger partial charge is 0.261 e. The first-order chi connectivity index (χ1) is 15.7. The molecule has 3 aromatic carbocycles. The van der Waals surface area contributed by atoms with E-state index in [4.69, 9.17) is 23.2 Å². The SMILES string of the molecule is Cc1ccc(S(=O)(=O)Nc2cc(C(=O)NCCSCc3ccc(Cl)cc3Cl)ccc2C)cc1. The largest absolute Gasteiger partial charge is 0.351 e. The van der Waals surface area contributed by atoms with Gasteiger partial charge in [0, 0.05) is 33.7 Å². The third-order valence-electron chi connectivity index (χ3n) is 4.88. The van der Waals surface area contributed by atoms with Gasteiger partial charge in [0.25, 0.3) is 15.9 Å². The fourth-order valence-electron chi connectivity index (χ4n) is 2.95. The minimum absolute atomic E-state index is 0.167. The topological polar surface area (TPSA) is 75.3 Å². The lowest BCUT2D eigenvalue weighted by atomic mass is 10.1. The number of rotatable bonds is 9. The number of hydrogen-bond acceptors (Lipinski definition) is 4. The van der Waals surface area contributed by atoms with Crippen LogP contribution in [0.2, 0.25) is 10.0 Å². The molecule has 0 unspecified atom stereocenters. The third kappa shape index (κ3) is 7.14. The van der Waals surface area contributed by atoms with Crippen LogP contribution in [-0.2, 0) is 15.8 Å². The number of nitrogens with one attached hydrogen (secondary N) is 2. The van der Waals surface area contributed by atoms with Crippen LogP contribution in [0.3, 0.4) is 0 Å². The number of thioether (sulfide) groups is 1. The van der Waals surface area contributed by atoms with Gasteiger partial charge in [-0.05, 0) is 61.4 Å². The molecule has 0 heterocycles. The maximum atomic E-state index is 12.7. The molecular formula is C24H24Cl2N2O3S2. The van der Waals surface area contributed by atoms with Gasteiger partial charge in [-0.2, -0.15) is 11.8 Å². The summed E-state index contributed by atoms with van der Waals surface area (Å²) in [5.41, 5.74) is 3.43. The zero-order valence-corrected chi connectivity index (χ0v) is 21.3. The van der Waals surface area contributed by atoms with Gasteiger partial charge in [-0.3, -0.25) is 9.52 Å². The molecule has 174 valence electrons. The first-order valence-electron chi connectivity index (χ1n) is 10.2. The molecule has 3 rings (SSSR count).